The van der Waals surface area contributed by atoms with Crippen molar-refractivity contribution in [3.8, 4) is 0 Å². The van der Waals surface area contributed by atoms with E-state index in [1.54, 1.807) is 0 Å². The second kappa shape index (κ2) is 9.69. The van der Waals surface area contributed by atoms with Crippen molar-refractivity contribution in [2.45, 2.75) is 13.0 Å². The Morgan fingerprint density at radius 2 is 1.60 bits per heavy atom. The van der Waals surface area contributed by atoms with Crippen molar-refractivity contribution in [2.75, 3.05) is 67.6 Å². The molecule has 0 unspecified atom stereocenters. The second-order valence-corrected chi connectivity index (χ2v) is 8.25. The standard InChI is InChI=1S/C23H29ClN4O2/c1-18(26-9-11-27(12-10-26)22-4-2-3-19(24)17-22)23(29)25-20-5-7-21(8-6-20)28-13-15-30-16-14-28/h2-8,17-18H,9-16H2,1H3,(H,25,29)/t18-/m0/s1. The molecule has 2 heterocycles. The summed E-state index contributed by atoms with van der Waals surface area (Å²) < 4.78 is 5.41. The van der Waals surface area contributed by atoms with Gasteiger partial charge in [0.15, 0.2) is 0 Å². The van der Waals surface area contributed by atoms with Crippen molar-refractivity contribution in [3.05, 3.63) is 53.6 Å². The molecule has 2 aromatic carbocycles. The molecule has 6 nitrogen and oxygen atoms in total. The van der Waals surface area contributed by atoms with E-state index >= 15 is 0 Å². The van der Waals surface area contributed by atoms with Gasteiger partial charge in [0, 0.05) is 61.4 Å². The number of rotatable bonds is 5. The number of amides is 1. The van der Waals surface area contributed by atoms with Crippen LogP contribution in [0.2, 0.25) is 5.02 Å². The average Bonchev–Trinajstić information content (AvgIpc) is 2.80. The van der Waals surface area contributed by atoms with Gasteiger partial charge in [-0.15, -0.1) is 0 Å². The van der Waals surface area contributed by atoms with Crippen LogP contribution < -0.4 is 15.1 Å². The molecule has 160 valence electrons. The number of nitrogens with one attached hydrogen (secondary N) is 1. The lowest BCUT2D eigenvalue weighted by molar-refractivity contribution is -0.120. The van der Waals surface area contributed by atoms with Crippen molar-refractivity contribution in [1.29, 1.82) is 0 Å². The molecule has 4 rings (SSSR count). The predicted octanol–water partition coefficient (Wildman–Crippen LogP) is 3.33. The fourth-order valence-electron chi connectivity index (χ4n) is 4.03. The lowest BCUT2D eigenvalue weighted by Crippen LogP contribution is -2.52. The third-order valence-electron chi connectivity index (χ3n) is 5.93. The van der Waals surface area contributed by atoms with Crippen molar-refractivity contribution >= 4 is 34.6 Å². The molecule has 0 aromatic heterocycles. The van der Waals surface area contributed by atoms with Gasteiger partial charge in [-0.05, 0) is 49.4 Å². The molecule has 2 aromatic rings. The number of ether oxygens (including phenoxy) is 1. The van der Waals surface area contributed by atoms with Gasteiger partial charge >= 0.3 is 0 Å². The number of halogens is 1. The number of hydrogen-bond donors (Lipinski definition) is 1. The Morgan fingerprint density at radius 3 is 2.27 bits per heavy atom. The quantitative estimate of drug-likeness (QED) is 0.791. The smallest absolute Gasteiger partial charge is 0.241 e. The van der Waals surface area contributed by atoms with Gasteiger partial charge in [0.2, 0.25) is 5.91 Å². The normalized spacial score (nSPS) is 18.9. The Kier molecular flexibility index (Phi) is 6.77. The van der Waals surface area contributed by atoms with Gasteiger partial charge in [-0.1, -0.05) is 17.7 Å². The fraction of sp³-hybridized carbons (Fsp3) is 0.435. The van der Waals surface area contributed by atoms with Crippen LogP contribution in [0, 0.1) is 0 Å². The van der Waals surface area contributed by atoms with Crippen molar-refractivity contribution in [3.63, 3.8) is 0 Å². The van der Waals surface area contributed by atoms with Crippen LogP contribution in [0.15, 0.2) is 48.5 Å². The number of morpholine rings is 1. The molecule has 0 spiro atoms. The first-order valence-corrected chi connectivity index (χ1v) is 11.0. The molecule has 1 N–H and O–H groups in total. The Morgan fingerprint density at radius 1 is 0.933 bits per heavy atom. The van der Waals surface area contributed by atoms with E-state index in [1.165, 1.54) is 5.69 Å². The summed E-state index contributed by atoms with van der Waals surface area (Å²) in [7, 11) is 0. The monoisotopic (exact) mass is 428 g/mol. The van der Waals surface area contributed by atoms with Crippen LogP contribution in [-0.2, 0) is 9.53 Å². The maximum absolute atomic E-state index is 12.8. The predicted molar refractivity (Wildman–Crippen MR) is 123 cm³/mol. The van der Waals surface area contributed by atoms with Crippen molar-refractivity contribution in [1.82, 2.24) is 4.90 Å². The topological polar surface area (TPSA) is 48.1 Å². The first-order chi connectivity index (χ1) is 14.6. The van der Waals surface area contributed by atoms with E-state index < -0.39 is 0 Å². The highest BCUT2D eigenvalue weighted by atomic mass is 35.5. The van der Waals surface area contributed by atoms with Crippen LogP contribution in [0.3, 0.4) is 0 Å². The summed E-state index contributed by atoms with van der Waals surface area (Å²) in [5.74, 6) is 0.0327. The van der Waals surface area contributed by atoms with Crippen LogP contribution >= 0.6 is 11.6 Å². The molecule has 2 aliphatic rings. The molecule has 2 aliphatic heterocycles. The van der Waals surface area contributed by atoms with Crippen LogP contribution in [0.1, 0.15) is 6.92 Å². The molecule has 0 bridgehead atoms. The largest absolute Gasteiger partial charge is 0.378 e. The summed E-state index contributed by atoms with van der Waals surface area (Å²) in [4.78, 5) is 19.6. The summed E-state index contributed by atoms with van der Waals surface area (Å²) in [6.07, 6.45) is 0. The molecule has 2 fully saturated rings. The van der Waals surface area contributed by atoms with E-state index in [0.717, 1.165) is 68.9 Å². The number of benzene rings is 2. The lowest BCUT2D eigenvalue weighted by Gasteiger charge is -2.38. The maximum atomic E-state index is 12.8. The second-order valence-electron chi connectivity index (χ2n) is 7.81. The number of carbonyl (C=O) groups is 1. The van der Waals surface area contributed by atoms with Gasteiger partial charge in [-0.3, -0.25) is 9.69 Å². The molecule has 0 saturated carbocycles. The van der Waals surface area contributed by atoms with E-state index in [4.69, 9.17) is 16.3 Å². The third-order valence-corrected chi connectivity index (χ3v) is 6.16. The number of piperazine rings is 1. The molecule has 30 heavy (non-hydrogen) atoms. The third kappa shape index (κ3) is 5.06. The molecule has 7 heteroatoms. The highest BCUT2D eigenvalue weighted by Crippen LogP contribution is 2.22. The molecule has 1 atom stereocenters. The summed E-state index contributed by atoms with van der Waals surface area (Å²) in [5.41, 5.74) is 3.14. The SMILES string of the molecule is C[C@@H](C(=O)Nc1ccc(N2CCOCC2)cc1)N1CCN(c2cccc(Cl)c2)CC1. The van der Waals surface area contributed by atoms with Crippen molar-refractivity contribution < 1.29 is 9.53 Å². The van der Waals surface area contributed by atoms with E-state index in [-0.39, 0.29) is 11.9 Å². The first kappa shape index (κ1) is 21.0. The Balaban J connectivity index is 1.28. The Labute approximate surface area is 183 Å². The van der Waals surface area contributed by atoms with Crippen LogP contribution in [0.4, 0.5) is 17.1 Å². The zero-order valence-corrected chi connectivity index (χ0v) is 18.1. The van der Waals surface area contributed by atoms with Crippen molar-refractivity contribution in [2.24, 2.45) is 0 Å². The Hall–Kier alpha value is -2.28. The zero-order chi connectivity index (χ0) is 20.9. The molecule has 2 saturated heterocycles. The Bertz CT molecular complexity index is 847. The highest BCUT2D eigenvalue weighted by molar-refractivity contribution is 6.30. The van der Waals surface area contributed by atoms with Gasteiger partial charge < -0.3 is 19.9 Å². The van der Waals surface area contributed by atoms with Gasteiger partial charge in [0.25, 0.3) is 0 Å². The van der Waals surface area contributed by atoms with E-state index in [2.05, 4.69) is 38.2 Å². The minimum absolute atomic E-state index is 0.0327. The van der Waals surface area contributed by atoms with Gasteiger partial charge in [-0.2, -0.15) is 0 Å². The summed E-state index contributed by atoms with van der Waals surface area (Å²) >= 11 is 6.12. The number of carbonyl (C=O) groups excluding carboxylic acids is 1. The highest BCUT2D eigenvalue weighted by Gasteiger charge is 2.26. The van der Waals surface area contributed by atoms with E-state index in [0.29, 0.717) is 0 Å². The summed E-state index contributed by atoms with van der Waals surface area (Å²) in [6, 6.07) is 15.9. The molecular weight excluding hydrogens is 400 g/mol. The van der Waals surface area contributed by atoms with Crippen LogP contribution in [0.5, 0.6) is 0 Å². The average molecular weight is 429 g/mol. The fourth-order valence-corrected chi connectivity index (χ4v) is 4.21. The van der Waals surface area contributed by atoms with Crippen LogP contribution in [-0.4, -0.2) is 69.3 Å². The minimum atomic E-state index is -0.176. The van der Waals surface area contributed by atoms with Gasteiger partial charge in [0.05, 0.1) is 19.3 Å². The van der Waals surface area contributed by atoms with E-state index in [9.17, 15) is 4.79 Å². The molecular formula is C23H29ClN4O2. The van der Waals surface area contributed by atoms with E-state index in [1.807, 2.05) is 37.3 Å². The van der Waals surface area contributed by atoms with Crippen LogP contribution in [0.25, 0.3) is 0 Å². The number of hydrogen-bond acceptors (Lipinski definition) is 5. The summed E-state index contributed by atoms with van der Waals surface area (Å²) in [5, 5.41) is 3.82. The summed E-state index contributed by atoms with van der Waals surface area (Å²) in [6.45, 7) is 8.77. The zero-order valence-electron chi connectivity index (χ0n) is 17.4. The molecule has 0 aliphatic carbocycles. The maximum Gasteiger partial charge on any atom is 0.241 e. The molecule has 0 radical (unpaired) electrons. The lowest BCUT2D eigenvalue weighted by atomic mass is 10.2. The number of nitrogens with zero attached hydrogens (tertiary/aromatic N) is 3. The first-order valence-electron chi connectivity index (χ1n) is 10.6. The molecule has 1 amide bonds. The van der Waals surface area contributed by atoms with Gasteiger partial charge in [0.1, 0.15) is 0 Å². The number of anilines is 3. The minimum Gasteiger partial charge on any atom is -0.378 e. The van der Waals surface area contributed by atoms with Gasteiger partial charge in [-0.25, -0.2) is 0 Å².